The molecule has 3 rings (SSSR count). The summed E-state index contributed by atoms with van der Waals surface area (Å²) in [5, 5.41) is 13.5. The SMILES string of the molecule is CCNC(=NCc1ccc(OC)c(C(=O)OC)c1)N1CCN(c2ccccc2O)CC1.I. The second-order valence-electron chi connectivity index (χ2n) is 7.16. The number of halogens is 1. The molecule has 1 fully saturated rings. The Bertz CT molecular complexity index is 930. The number of aromatic hydroxyl groups is 1. The third-order valence-corrected chi connectivity index (χ3v) is 5.22. The number of nitrogens with one attached hydrogen (secondary N) is 1. The molecule has 0 atom stereocenters. The van der Waals surface area contributed by atoms with Crippen LogP contribution in [0.5, 0.6) is 11.5 Å². The number of aliphatic imine (C=N–C) groups is 1. The van der Waals surface area contributed by atoms with Gasteiger partial charge in [0.05, 0.1) is 26.5 Å². The molecule has 0 spiro atoms. The summed E-state index contributed by atoms with van der Waals surface area (Å²) < 4.78 is 10.1. The van der Waals surface area contributed by atoms with E-state index in [1.54, 1.807) is 18.2 Å². The third kappa shape index (κ3) is 6.18. The monoisotopic (exact) mass is 554 g/mol. The van der Waals surface area contributed by atoms with Gasteiger partial charge < -0.3 is 29.7 Å². The zero-order valence-electron chi connectivity index (χ0n) is 18.7. The summed E-state index contributed by atoms with van der Waals surface area (Å²) in [6, 6.07) is 12.8. The third-order valence-electron chi connectivity index (χ3n) is 5.22. The average molecular weight is 554 g/mol. The van der Waals surface area contributed by atoms with E-state index < -0.39 is 5.97 Å². The lowest BCUT2D eigenvalue weighted by Crippen LogP contribution is -2.52. The largest absolute Gasteiger partial charge is 0.506 e. The van der Waals surface area contributed by atoms with E-state index in [1.807, 2.05) is 31.2 Å². The average Bonchev–Trinajstić information content (AvgIpc) is 2.81. The van der Waals surface area contributed by atoms with Crippen molar-refractivity contribution < 1.29 is 19.4 Å². The van der Waals surface area contributed by atoms with E-state index in [9.17, 15) is 9.90 Å². The van der Waals surface area contributed by atoms with Crippen LogP contribution in [0.2, 0.25) is 0 Å². The van der Waals surface area contributed by atoms with Crippen molar-refractivity contribution in [2.45, 2.75) is 13.5 Å². The van der Waals surface area contributed by atoms with E-state index >= 15 is 0 Å². The predicted molar refractivity (Wildman–Crippen MR) is 136 cm³/mol. The van der Waals surface area contributed by atoms with Gasteiger partial charge in [-0.25, -0.2) is 9.79 Å². The van der Waals surface area contributed by atoms with Crippen molar-refractivity contribution in [2.24, 2.45) is 4.99 Å². The van der Waals surface area contributed by atoms with Gasteiger partial charge in [0, 0.05) is 32.7 Å². The second-order valence-corrected chi connectivity index (χ2v) is 7.16. The molecule has 9 heteroatoms. The van der Waals surface area contributed by atoms with Crippen molar-refractivity contribution in [1.82, 2.24) is 10.2 Å². The highest BCUT2D eigenvalue weighted by Gasteiger charge is 2.21. The number of piperazine rings is 1. The van der Waals surface area contributed by atoms with Crippen LogP contribution in [0.3, 0.4) is 0 Å². The molecule has 1 heterocycles. The van der Waals surface area contributed by atoms with E-state index in [4.69, 9.17) is 14.5 Å². The van der Waals surface area contributed by atoms with Crippen molar-refractivity contribution in [3.05, 3.63) is 53.6 Å². The van der Waals surface area contributed by atoms with Crippen LogP contribution in [-0.4, -0.2) is 68.9 Å². The Labute approximate surface area is 206 Å². The van der Waals surface area contributed by atoms with Crippen LogP contribution in [0.25, 0.3) is 0 Å². The highest BCUT2D eigenvalue weighted by molar-refractivity contribution is 14.0. The van der Waals surface area contributed by atoms with E-state index in [0.29, 0.717) is 23.6 Å². The van der Waals surface area contributed by atoms with Crippen LogP contribution in [0, 0.1) is 0 Å². The Morgan fingerprint density at radius 3 is 2.47 bits per heavy atom. The van der Waals surface area contributed by atoms with Gasteiger partial charge in [0.25, 0.3) is 0 Å². The summed E-state index contributed by atoms with van der Waals surface area (Å²) in [7, 11) is 2.88. The fourth-order valence-corrected chi connectivity index (χ4v) is 3.61. The number of benzene rings is 2. The molecule has 0 saturated carbocycles. The van der Waals surface area contributed by atoms with E-state index in [1.165, 1.54) is 14.2 Å². The summed E-state index contributed by atoms with van der Waals surface area (Å²) in [5.74, 6) is 1.17. The number of phenols is 1. The molecular weight excluding hydrogens is 523 g/mol. The van der Waals surface area contributed by atoms with Crippen molar-refractivity contribution in [3.63, 3.8) is 0 Å². The highest BCUT2D eigenvalue weighted by atomic mass is 127. The van der Waals surface area contributed by atoms with Gasteiger partial charge in [0.2, 0.25) is 0 Å². The molecule has 32 heavy (non-hydrogen) atoms. The molecule has 2 aromatic rings. The Balaban J connectivity index is 0.00000363. The zero-order chi connectivity index (χ0) is 22.2. The van der Waals surface area contributed by atoms with E-state index in [-0.39, 0.29) is 24.0 Å². The first-order chi connectivity index (χ1) is 15.1. The number of rotatable bonds is 6. The smallest absolute Gasteiger partial charge is 0.341 e. The predicted octanol–water partition coefficient (Wildman–Crippen LogP) is 3.09. The van der Waals surface area contributed by atoms with Crippen LogP contribution >= 0.6 is 24.0 Å². The quantitative estimate of drug-likeness (QED) is 0.246. The number of guanidine groups is 1. The fraction of sp³-hybridized carbons (Fsp3) is 0.391. The van der Waals surface area contributed by atoms with Crippen LogP contribution in [-0.2, 0) is 11.3 Å². The van der Waals surface area contributed by atoms with Crippen molar-refractivity contribution in [1.29, 1.82) is 0 Å². The molecule has 8 nitrogen and oxygen atoms in total. The van der Waals surface area contributed by atoms with Crippen LogP contribution in [0.15, 0.2) is 47.5 Å². The summed E-state index contributed by atoms with van der Waals surface area (Å²) >= 11 is 0. The van der Waals surface area contributed by atoms with Gasteiger partial charge in [0.15, 0.2) is 5.96 Å². The number of nitrogens with zero attached hydrogens (tertiary/aromatic N) is 3. The number of methoxy groups -OCH3 is 2. The van der Waals surface area contributed by atoms with E-state index in [2.05, 4.69) is 15.1 Å². The minimum absolute atomic E-state index is 0. The maximum absolute atomic E-state index is 12.0. The number of hydrogen-bond acceptors (Lipinski definition) is 6. The maximum Gasteiger partial charge on any atom is 0.341 e. The van der Waals surface area contributed by atoms with Crippen molar-refractivity contribution in [2.75, 3.05) is 51.8 Å². The van der Waals surface area contributed by atoms with Crippen LogP contribution in [0.1, 0.15) is 22.8 Å². The molecule has 0 aliphatic carbocycles. The van der Waals surface area contributed by atoms with Crippen molar-refractivity contribution in [3.8, 4) is 11.5 Å². The van der Waals surface area contributed by atoms with Gasteiger partial charge in [-0.1, -0.05) is 18.2 Å². The molecule has 0 unspecified atom stereocenters. The van der Waals surface area contributed by atoms with Crippen LogP contribution in [0.4, 0.5) is 5.69 Å². The van der Waals surface area contributed by atoms with Gasteiger partial charge in [-0.15, -0.1) is 24.0 Å². The molecule has 174 valence electrons. The summed E-state index contributed by atoms with van der Waals surface area (Å²) in [6.07, 6.45) is 0. The topological polar surface area (TPSA) is 86.6 Å². The minimum atomic E-state index is -0.435. The van der Waals surface area contributed by atoms with Gasteiger partial charge in [-0.05, 0) is 36.8 Å². The maximum atomic E-state index is 12.0. The Kier molecular flexibility index (Phi) is 9.89. The number of carbonyl (C=O) groups is 1. The number of anilines is 1. The number of carbonyl (C=O) groups excluding carboxylic acids is 1. The zero-order valence-corrected chi connectivity index (χ0v) is 21.0. The first-order valence-electron chi connectivity index (χ1n) is 10.4. The summed E-state index contributed by atoms with van der Waals surface area (Å²) in [5.41, 5.74) is 2.14. The molecule has 0 radical (unpaired) electrons. The first kappa shape index (κ1) is 25.6. The Hall–Kier alpha value is -2.69. The van der Waals surface area contributed by atoms with Crippen LogP contribution < -0.4 is 15.0 Å². The molecule has 1 aliphatic heterocycles. The number of ether oxygens (including phenoxy) is 2. The summed E-state index contributed by atoms with van der Waals surface area (Å²) in [6.45, 7) is 6.38. The van der Waals surface area contributed by atoms with Gasteiger partial charge in [0.1, 0.15) is 17.1 Å². The van der Waals surface area contributed by atoms with Crippen molar-refractivity contribution >= 4 is 41.6 Å². The Morgan fingerprint density at radius 1 is 1.12 bits per heavy atom. The normalized spacial score (nSPS) is 13.9. The second kappa shape index (κ2) is 12.4. The fourth-order valence-electron chi connectivity index (χ4n) is 3.61. The molecule has 1 saturated heterocycles. The number of para-hydroxylation sites is 2. The number of esters is 1. The molecule has 0 bridgehead atoms. The van der Waals surface area contributed by atoms with Gasteiger partial charge in [-0.2, -0.15) is 0 Å². The molecular formula is C23H31IN4O4. The molecule has 1 aliphatic rings. The highest BCUT2D eigenvalue weighted by Crippen LogP contribution is 2.27. The van der Waals surface area contributed by atoms with Gasteiger partial charge >= 0.3 is 5.97 Å². The van der Waals surface area contributed by atoms with Gasteiger partial charge in [-0.3, -0.25) is 0 Å². The molecule has 0 aromatic heterocycles. The molecule has 2 N–H and O–H groups in total. The molecule has 2 aromatic carbocycles. The molecule has 0 amide bonds. The summed E-state index contributed by atoms with van der Waals surface area (Å²) in [4.78, 5) is 21.2. The lowest BCUT2D eigenvalue weighted by molar-refractivity contribution is 0.0597. The standard InChI is InChI=1S/C23H30N4O4.HI/c1-4-24-23(25-16-17-9-10-21(30-2)18(15-17)22(29)31-3)27-13-11-26(12-14-27)19-7-5-6-8-20(19)28;/h5-10,15,28H,4,11-14,16H2,1-3H3,(H,24,25);1H. The first-order valence-corrected chi connectivity index (χ1v) is 10.4. The number of phenolic OH excluding ortho intramolecular Hbond substituents is 1. The lowest BCUT2D eigenvalue weighted by Gasteiger charge is -2.37. The Morgan fingerprint density at radius 2 is 1.84 bits per heavy atom. The van der Waals surface area contributed by atoms with E-state index in [0.717, 1.165) is 49.9 Å². The number of hydrogen-bond donors (Lipinski definition) is 2. The lowest BCUT2D eigenvalue weighted by atomic mass is 10.1. The minimum Gasteiger partial charge on any atom is -0.506 e.